The van der Waals surface area contributed by atoms with Crippen molar-refractivity contribution < 1.29 is 14.3 Å². The maximum atomic E-state index is 13.2. The molecule has 4 rings (SSSR count). The minimum absolute atomic E-state index is 0.00111. The molecule has 0 unspecified atom stereocenters. The van der Waals surface area contributed by atoms with E-state index in [0.29, 0.717) is 25.3 Å². The van der Waals surface area contributed by atoms with Crippen LogP contribution in [0.1, 0.15) is 25.2 Å². The molecule has 3 heterocycles. The summed E-state index contributed by atoms with van der Waals surface area (Å²) in [5, 5.41) is 5.69. The third kappa shape index (κ3) is 5.12. The summed E-state index contributed by atoms with van der Waals surface area (Å²) in [6.45, 7) is 7.35. The van der Waals surface area contributed by atoms with Crippen molar-refractivity contribution in [3.8, 4) is 5.75 Å². The second-order valence-electron chi connectivity index (χ2n) is 9.06. The second-order valence-corrected chi connectivity index (χ2v) is 9.06. The van der Waals surface area contributed by atoms with E-state index in [-0.39, 0.29) is 28.8 Å². The van der Waals surface area contributed by atoms with Crippen molar-refractivity contribution in [3.05, 3.63) is 48.2 Å². The molecule has 34 heavy (non-hydrogen) atoms. The number of nitrogens with two attached hydrogens (primary N) is 1. The van der Waals surface area contributed by atoms with Gasteiger partial charge in [0, 0.05) is 69.9 Å². The lowest BCUT2D eigenvalue weighted by atomic mass is 10.0. The van der Waals surface area contributed by atoms with Crippen LogP contribution in [0.3, 0.4) is 0 Å². The van der Waals surface area contributed by atoms with Crippen molar-refractivity contribution in [1.82, 2.24) is 20.2 Å². The van der Waals surface area contributed by atoms with Gasteiger partial charge in [-0.15, -0.1) is 0 Å². The average Bonchev–Trinajstić information content (AvgIpc) is 3.13. The minimum Gasteiger partial charge on any atom is -0.487 e. The molecule has 0 aliphatic carbocycles. The first-order valence-electron chi connectivity index (χ1n) is 11.3. The molecule has 0 atom stereocenters. The Morgan fingerprint density at radius 3 is 2.53 bits per heavy atom. The summed E-state index contributed by atoms with van der Waals surface area (Å²) in [6, 6.07) is 5.66. The molecule has 1 aromatic heterocycles. The molecule has 0 bridgehead atoms. The number of piperazine rings is 1. The van der Waals surface area contributed by atoms with Crippen molar-refractivity contribution in [2.75, 3.05) is 50.0 Å². The lowest BCUT2D eigenvalue weighted by molar-refractivity contribution is -0.121. The molecule has 0 radical (unpaired) electrons. The van der Waals surface area contributed by atoms with E-state index in [1.165, 1.54) is 6.20 Å². The summed E-state index contributed by atoms with van der Waals surface area (Å²) in [7, 11) is 1.64. The number of carbonyl (C=O) groups excluding carboxylic acids is 2. The summed E-state index contributed by atoms with van der Waals surface area (Å²) in [4.78, 5) is 37.5. The number of amides is 2. The summed E-state index contributed by atoms with van der Waals surface area (Å²) >= 11 is 0. The van der Waals surface area contributed by atoms with Gasteiger partial charge in [0.25, 0.3) is 5.91 Å². The maximum absolute atomic E-state index is 13.2. The Labute approximate surface area is 199 Å². The van der Waals surface area contributed by atoms with Crippen molar-refractivity contribution >= 4 is 28.8 Å². The zero-order valence-electron chi connectivity index (χ0n) is 19.8. The topological polar surface area (TPSA) is 126 Å². The standard InChI is InChI=1S/C24H31N7O3/c1-24(2)13-16-11-18(29-23(33)17(14-25)22-27-5-4-6-28-22)19(12-20(16)34-24)31-9-7-30(8-10-31)15-21(32)26-3/h4-6,11-12,14H,7-10,13,15,25H2,1-3H3,(H,26,32)(H,29,33)/b17-14+. The Morgan fingerprint density at radius 2 is 1.88 bits per heavy atom. The zero-order valence-corrected chi connectivity index (χ0v) is 19.8. The molecule has 10 nitrogen and oxygen atoms in total. The summed E-state index contributed by atoms with van der Waals surface area (Å²) in [6.07, 6.45) is 5.10. The van der Waals surface area contributed by atoms with Crippen LogP contribution in [-0.4, -0.2) is 72.1 Å². The van der Waals surface area contributed by atoms with Gasteiger partial charge in [0.15, 0.2) is 5.82 Å². The van der Waals surface area contributed by atoms with Gasteiger partial charge in [0.2, 0.25) is 5.91 Å². The molecule has 2 aliphatic rings. The number of rotatable bonds is 6. The van der Waals surface area contributed by atoms with E-state index in [4.69, 9.17) is 10.5 Å². The SMILES string of the molecule is CNC(=O)CN1CCN(c2cc3c(cc2NC(=O)/C(=C/N)c2ncccn2)CC(C)(C)O3)CC1. The van der Waals surface area contributed by atoms with Gasteiger partial charge >= 0.3 is 0 Å². The van der Waals surface area contributed by atoms with Crippen molar-refractivity contribution in [2.45, 2.75) is 25.9 Å². The number of likely N-dealkylation sites (N-methyl/N-ethyl adjacent to an activating group) is 1. The van der Waals surface area contributed by atoms with E-state index < -0.39 is 0 Å². The average molecular weight is 466 g/mol. The highest BCUT2D eigenvalue weighted by Crippen LogP contribution is 2.42. The summed E-state index contributed by atoms with van der Waals surface area (Å²) in [5.74, 6) is 0.703. The van der Waals surface area contributed by atoms with Crippen molar-refractivity contribution in [2.24, 2.45) is 5.73 Å². The molecular formula is C24H31N7O3. The number of nitrogens with one attached hydrogen (secondary N) is 2. The van der Waals surface area contributed by atoms with Crippen molar-refractivity contribution in [1.29, 1.82) is 0 Å². The highest BCUT2D eigenvalue weighted by atomic mass is 16.5. The normalized spacial score (nSPS) is 17.6. The van der Waals surface area contributed by atoms with Gasteiger partial charge in [0.05, 0.1) is 23.5 Å². The highest BCUT2D eigenvalue weighted by Gasteiger charge is 2.33. The van der Waals surface area contributed by atoms with Crippen LogP contribution in [-0.2, 0) is 16.0 Å². The monoisotopic (exact) mass is 465 g/mol. The van der Waals surface area contributed by atoms with Crippen LogP contribution in [0.15, 0.2) is 36.8 Å². The molecule has 1 saturated heterocycles. The molecular weight excluding hydrogens is 434 g/mol. The third-order valence-corrected chi connectivity index (χ3v) is 6.01. The number of aromatic nitrogens is 2. The first kappa shape index (κ1) is 23.5. The lowest BCUT2D eigenvalue weighted by Crippen LogP contribution is -2.49. The number of fused-ring (bicyclic) bond motifs is 1. The molecule has 2 aliphatic heterocycles. The molecule has 2 amide bonds. The van der Waals surface area contributed by atoms with Gasteiger partial charge in [-0.05, 0) is 26.0 Å². The number of benzene rings is 1. The first-order chi connectivity index (χ1) is 16.3. The number of ether oxygens (including phenoxy) is 1. The van der Waals surface area contributed by atoms with Crippen LogP contribution in [0.2, 0.25) is 0 Å². The quantitative estimate of drug-likeness (QED) is 0.540. The summed E-state index contributed by atoms with van der Waals surface area (Å²) < 4.78 is 6.16. The molecule has 4 N–H and O–H groups in total. The van der Waals surface area contributed by atoms with E-state index >= 15 is 0 Å². The highest BCUT2D eigenvalue weighted by molar-refractivity contribution is 6.24. The van der Waals surface area contributed by atoms with Crippen LogP contribution in [0.4, 0.5) is 11.4 Å². The van der Waals surface area contributed by atoms with E-state index in [1.807, 2.05) is 26.0 Å². The van der Waals surface area contributed by atoms with Gasteiger partial charge in [-0.2, -0.15) is 0 Å². The second kappa shape index (κ2) is 9.68. The minimum atomic E-state index is -0.383. The van der Waals surface area contributed by atoms with Crippen LogP contribution >= 0.6 is 0 Å². The van der Waals surface area contributed by atoms with Gasteiger partial charge in [-0.3, -0.25) is 14.5 Å². The number of hydrogen-bond donors (Lipinski definition) is 3. The number of nitrogens with zero attached hydrogens (tertiary/aromatic N) is 4. The van der Waals surface area contributed by atoms with E-state index in [1.54, 1.807) is 25.5 Å². The Kier molecular flexibility index (Phi) is 6.69. The Morgan fingerprint density at radius 1 is 1.18 bits per heavy atom. The number of carbonyl (C=O) groups is 2. The van der Waals surface area contributed by atoms with E-state index in [0.717, 1.165) is 36.5 Å². The number of anilines is 2. The van der Waals surface area contributed by atoms with Gasteiger partial charge in [0.1, 0.15) is 11.4 Å². The predicted molar refractivity (Wildman–Crippen MR) is 130 cm³/mol. The summed E-state index contributed by atoms with van der Waals surface area (Å²) in [5.41, 5.74) is 8.23. The van der Waals surface area contributed by atoms with E-state index in [9.17, 15) is 9.59 Å². The largest absolute Gasteiger partial charge is 0.487 e. The van der Waals surface area contributed by atoms with Crippen LogP contribution in [0, 0.1) is 0 Å². The van der Waals surface area contributed by atoms with Gasteiger partial charge in [-0.25, -0.2) is 9.97 Å². The molecule has 1 aromatic carbocycles. The Bertz CT molecular complexity index is 1090. The fraction of sp³-hybridized carbons (Fsp3) is 0.417. The fourth-order valence-corrected chi connectivity index (χ4v) is 4.31. The lowest BCUT2D eigenvalue weighted by Gasteiger charge is -2.36. The Balaban J connectivity index is 1.59. The van der Waals surface area contributed by atoms with Gasteiger partial charge in [-0.1, -0.05) is 0 Å². The third-order valence-electron chi connectivity index (χ3n) is 6.01. The molecule has 0 saturated carbocycles. The van der Waals surface area contributed by atoms with Crippen molar-refractivity contribution in [3.63, 3.8) is 0 Å². The maximum Gasteiger partial charge on any atom is 0.261 e. The molecule has 0 spiro atoms. The Hall–Kier alpha value is -3.66. The van der Waals surface area contributed by atoms with Gasteiger partial charge < -0.3 is 26.0 Å². The number of hydrogen-bond acceptors (Lipinski definition) is 8. The van der Waals surface area contributed by atoms with Crippen LogP contribution < -0.4 is 26.0 Å². The smallest absolute Gasteiger partial charge is 0.261 e. The fourth-order valence-electron chi connectivity index (χ4n) is 4.31. The zero-order chi connectivity index (χ0) is 24.3. The molecule has 10 heteroatoms. The predicted octanol–water partition coefficient (Wildman–Crippen LogP) is 0.996. The molecule has 1 fully saturated rings. The van der Waals surface area contributed by atoms with Crippen LogP contribution in [0.25, 0.3) is 5.57 Å². The molecule has 180 valence electrons. The molecule has 2 aromatic rings. The van der Waals surface area contributed by atoms with Crippen LogP contribution in [0.5, 0.6) is 5.75 Å². The first-order valence-corrected chi connectivity index (χ1v) is 11.3. The van der Waals surface area contributed by atoms with E-state index in [2.05, 4.69) is 30.4 Å².